The Morgan fingerprint density at radius 3 is 1.26 bits per heavy atom. The van der Waals surface area contributed by atoms with Gasteiger partial charge in [-0.3, -0.25) is 0 Å². The van der Waals surface area contributed by atoms with E-state index in [1.807, 2.05) is 0 Å². The summed E-state index contributed by atoms with van der Waals surface area (Å²) < 4.78 is 15.6. The Labute approximate surface area is 130 Å². The van der Waals surface area contributed by atoms with Gasteiger partial charge in [0.1, 0.15) is 49.8 Å². The number of aliphatic hydroxyl groups excluding tert-OH is 8. The van der Waals surface area contributed by atoms with Crippen molar-refractivity contribution in [1.82, 2.24) is 0 Å². The Balaban J connectivity index is 2.30. The zero-order valence-corrected chi connectivity index (χ0v) is 12.1. The molecule has 2 heterocycles. The van der Waals surface area contributed by atoms with E-state index in [0.717, 1.165) is 0 Å². The van der Waals surface area contributed by atoms with Crippen LogP contribution in [0, 0.1) is 0 Å². The second kappa shape index (κ2) is 6.82. The van der Waals surface area contributed by atoms with Gasteiger partial charge in [0, 0.05) is 0 Å². The molecule has 0 spiro atoms. The summed E-state index contributed by atoms with van der Waals surface area (Å²) in [6, 6.07) is 0. The van der Waals surface area contributed by atoms with Crippen LogP contribution >= 0.6 is 0 Å². The van der Waals surface area contributed by atoms with E-state index in [1.54, 1.807) is 0 Å². The third-order valence-electron chi connectivity index (χ3n) is 4.16. The van der Waals surface area contributed by atoms with Crippen molar-refractivity contribution in [1.29, 1.82) is 0 Å². The fourth-order valence-electron chi connectivity index (χ4n) is 2.80. The number of hydrogen-bond acceptors (Lipinski definition) is 11. The summed E-state index contributed by atoms with van der Waals surface area (Å²) in [5, 5.41) is 76.9. The van der Waals surface area contributed by atoms with Crippen LogP contribution in [0.1, 0.15) is 0 Å². The Morgan fingerprint density at radius 1 is 0.696 bits per heavy atom. The minimum Gasteiger partial charge on any atom is -0.394 e. The number of rotatable bonds is 6. The standard InChI is InChI=1S/C12H22O11/c13-1-5-7(17)9(19)11(3-15,21-5)23-12(4-16)10(20)8(18)6(2-14)22-12/h5-10,13-20H,1-4H2/t5-,6-,7-,8-,9+,10+,11?,12?/m1/s1. The van der Waals surface area contributed by atoms with Crippen molar-refractivity contribution in [2.24, 2.45) is 0 Å². The average molecular weight is 342 g/mol. The summed E-state index contributed by atoms with van der Waals surface area (Å²) in [6.07, 6.45) is -9.47. The van der Waals surface area contributed by atoms with Gasteiger partial charge in [0.25, 0.3) is 0 Å². The molecule has 2 rings (SSSR count). The lowest BCUT2D eigenvalue weighted by Crippen LogP contribution is -2.59. The number of ether oxygens (including phenoxy) is 3. The predicted octanol–water partition coefficient (Wildman–Crippen LogP) is -5.39. The van der Waals surface area contributed by atoms with Crippen LogP contribution in [0.2, 0.25) is 0 Å². The van der Waals surface area contributed by atoms with Crippen molar-refractivity contribution < 1.29 is 55.1 Å². The lowest BCUT2D eigenvalue weighted by atomic mass is 10.0. The molecule has 8 N–H and O–H groups in total. The molecule has 0 bridgehead atoms. The van der Waals surface area contributed by atoms with Gasteiger partial charge in [0.05, 0.1) is 13.2 Å². The zero-order valence-electron chi connectivity index (χ0n) is 12.1. The highest BCUT2D eigenvalue weighted by Gasteiger charge is 2.63. The predicted molar refractivity (Wildman–Crippen MR) is 68.7 cm³/mol. The maximum absolute atomic E-state index is 10.1. The first-order chi connectivity index (χ1) is 10.8. The van der Waals surface area contributed by atoms with E-state index in [1.165, 1.54) is 0 Å². The second-order valence-corrected chi connectivity index (χ2v) is 5.59. The summed E-state index contributed by atoms with van der Waals surface area (Å²) in [5.41, 5.74) is 0. The Kier molecular flexibility index (Phi) is 5.60. The molecule has 2 unspecified atom stereocenters. The van der Waals surface area contributed by atoms with E-state index in [2.05, 4.69) is 0 Å². The minimum absolute atomic E-state index is 0.694. The maximum atomic E-state index is 10.1. The first-order valence-corrected chi connectivity index (χ1v) is 7.02. The fourth-order valence-corrected chi connectivity index (χ4v) is 2.80. The molecule has 0 aromatic rings. The largest absolute Gasteiger partial charge is 0.394 e. The zero-order chi connectivity index (χ0) is 17.4. The van der Waals surface area contributed by atoms with Crippen molar-refractivity contribution >= 4 is 0 Å². The molecule has 2 fully saturated rings. The van der Waals surface area contributed by atoms with Crippen LogP contribution in [-0.2, 0) is 14.2 Å². The van der Waals surface area contributed by atoms with Crippen molar-refractivity contribution in [2.75, 3.05) is 26.4 Å². The van der Waals surface area contributed by atoms with Gasteiger partial charge in [-0.15, -0.1) is 0 Å². The molecule has 0 saturated carbocycles. The summed E-state index contributed by atoms with van der Waals surface area (Å²) in [7, 11) is 0. The normalized spacial score (nSPS) is 50.6. The van der Waals surface area contributed by atoms with Crippen molar-refractivity contribution in [3.63, 3.8) is 0 Å². The molecule has 8 atom stereocenters. The quantitative estimate of drug-likeness (QED) is 0.230. The molecule has 2 aliphatic rings. The van der Waals surface area contributed by atoms with Crippen molar-refractivity contribution in [3.05, 3.63) is 0 Å². The van der Waals surface area contributed by atoms with Crippen LogP contribution in [-0.4, -0.2) is 115 Å². The SMILES string of the molecule is OC[C@H]1OC(CO)(OC2(CO)O[C@H](CO)[C@@H](O)[C@@H]2O)[C@@H](O)[C@@H]1O. The molecule has 0 amide bonds. The van der Waals surface area contributed by atoms with Crippen LogP contribution in [0.25, 0.3) is 0 Å². The monoisotopic (exact) mass is 342 g/mol. The Morgan fingerprint density at radius 2 is 1.04 bits per heavy atom. The third kappa shape index (κ3) is 2.88. The van der Waals surface area contributed by atoms with Crippen LogP contribution in [0.5, 0.6) is 0 Å². The highest BCUT2D eigenvalue weighted by molar-refractivity contribution is 5.02. The summed E-state index contributed by atoms with van der Waals surface area (Å²) in [6.45, 7) is -3.42. The van der Waals surface area contributed by atoms with Gasteiger partial charge in [-0.25, -0.2) is 0 Å². The molecule has 2 aliphatic heterocycles. The van der Waals surface area contributed by atoms with E-state index in [0.29, 0.717) is 0 Å². The molecule has 23 heavy (non-hydrogen) atoms. The van der Waals surface area contributed by atoms with Gasteiger partial charge >= 0.3 is 0 Å². The highest BCUT2D eigenvalue weighted by Crippen LogP contribution is 2.41. The van der Waals surface area contributed by atoms with E-state index in [9.17, 15) is 30.6 Å². The van der Waals surface area contributed by atoms with Crippen molar-refractivity contribution in [2.45, 2.75) is 48.2 Å². The number of hydrogen-bond donors (Lipinski definition) is 8. The van der Waals surface area contributed by atoms with Gasteiger partial charge in [-0.2, -0.15) is 0 Å². The minimum atomic E-state index is -2.32. The molecule has 0 aromatic carbocycles. The van der Waals surface area contributed by atoms with Gasteiger partial charge in [-0.05, 0) is 0 Å². The lowest BCUT2D eigenvalue weighted by molar-refractivity contribution is -0.393. The Bertz CT molecular complexity index is 372. The van der Waals surface area contributed by atoms with Crippen LogP contribution in [0.15, 0.2) is 0 Å². The molecular formula is C12H22O11. The third-order valence-corrected chi connectivity index (χ3v) is 4.16. The highest BCUT2D eigenvalue weighted by atomic mass is 16.8. The lowest BCUT2D eigenvalue weighted by Gasteiger charge is -2.40. The Hall–Kier alpha value is -0.440. The molecular weight excluding hydrogens is 320 g/mol. The van der Waals surface area contributed by atoms with E-state index < -0.39 is 74.6 Å². The molecule has 0 aromatic heterocycles. The van der Waals surface area contributed by atoms with Crippen LogP contribution in [0.3, 0.4) is 0 Å². The van der Waals surface area contributed by atoms with E-state index in [-0.39, 0.29) is 0 Å². The molecule has 0 aliphatic carbocycles. The smallest absolute Gasteiger partial charge is 0.224 e. The van der Waals surface area contributed by atoms with Gasteiger partial charge in [-0.1, -0.05) is 0 Å². The maximum Gasteiger partial charge on any atom is 0.224 e. The number of aliphatic hydroxyl groups is 8. The molecule has 11 nitrogen and oxygen atoms in total. The summed E-state index contributed by atoms with van der Waals surface area (Å²) in [5.74, 6) is -4.64. The van der Waals surface area contributed by atoms with E-state index >= 15 is 0 Å². The van der Waals surface area contributed by atoms with Gasteiger partial charge in [0.2, 0.25) is 11.6 Å². The fraction of sp³-hybridized carbons (Fsp3) is 1.00. The summed E-state index contributed by atoms with van der Waals surface area (Å²) >= 11 is 0. The molecule has 0 radical (unpaired) electrons. The first kappa shape index (κ1) is 18.9. The van der Waals surface area contributed by atoms with Gasteiger partial charge < -0.3 is 55.1 Å². The van der Waals surface area contributed by atoms with E-state index in [4.69, 9.17) is 24.4 Å². The molecule has 136 valence electrons. The topological polar surface area (TPSA) is 190 Å². The molecule has 2 saturated heterocycles. The van der Waals surface area contributed by atoms with Crippen molar-refractivity contribution in [3.8, 4) is 0 Å². The average Bonchev–Trinajstić information content (AvgIpc) is 2.95. The van der Waals surface area contributed by atoms with Crippen LogP contribution < -0.4 is 0 Å². The molecule has 11 heteroatoms. The van der Waals surface area contributed by atoms with Crippen LogP contribution in [0.4, 0.5) is 0 Å². The second-order valence-electron chi connectivity index (χ2n) is 5.59. The first-order valence-electron chi connectivity index (χ1n) is 7.02. The summed E-state index contributed by atoms with van der Waals surface area (Å²) in [4.78, 5) is 0. The van der Waals surface area contributed by atoms with Gasteiger partial charge in [0.15, 0.2) is 0 Å².